The fourth-order valence-corrected chi connectivity index (χ4v) is 5.37. The predicted octanol–water partition coefficient (Wildman–Crippen LogP) is 4.78. The second-order valence-corrected chi connectivity index (χ2v) is 15.6. The fourth-order valence-electron chi connectivity index (χ4n) is 3.98. The molecule has 3 aromatic rings. The van der Waals surface area contributed by atoms with Gasteiger partial charge in [0.15, 0.2) is 0 Å². The Bertz CT molecular complexity index is 1130. The number of ether oxygens (including phenoxy) is 1. The smallest absolute Gasteiger partial charge is 0.407 e. The number of hydrogen-bond donors (Lipinski definition) is 1. The first-order chi connectivity index (χ1) is 14.7. The van der Waals surface area contributed by atoms with E-state index in [9.17, 15) is 9.90 Å². The molecule has 31 heavy (non-hydrogen) atoms. The molecular weight excluding hydrogens is 478 g/mol. The third-order valence-electron chi connectivity index (χ3n) is 5.65. The average molecular weight is 506 g/mol. The van der Waals surface area contributed by atoms with Crippen molar-refractivity contribution in [3.05, 3.63) is 34.3 Å². The topological polar surface area (TPSA) is 85.4 Å². The number of amides is 1. The summed E-state index contributed by atoms with van der Waals surface area (Å²) in [6.07, 6.45) is 2.96. The lowest BCUT2D eigenvalue weighted by Gasteiger charge is -2.25. The lowest BCUT2D eigenvalue weighted by Crippen LogP contribution is -2.37. The number of nitrogens with zero attached hydrogens (tertiary/aromatic N) is 5. The number of aromatic nitrogens is 4. The molecule has 0 spiro atoms. The summed E-state index contributed by atoms with van der Waals surface area (Å²) in [5.41, 5.74) is 4.79. The Hall–Kier alpha value is -2.17. The Morgan fingerprint density at radius 2 is 2.10 bits per heavy atom. The van der Waals surface area contributed by atoms with Crippen LogP contribution in [0.4, 0.5) is 4.79 Å². The lowest BCUT2D eigenvalue weighted by molar-refractivity contribution is 0.0898. The van der Waals surface area contributed by atoms with Crippen molar-refractivity contribution in [3.63, 3.8) is 0 Å². The molecular formula is C21H28BrN5O3Si. The molecule has 0 radical (unpaired) electrons. The van der Waals surface area contributed by atoms with E-state index in [4.69, 9.17) is 4.74 Å². The monoisotopic (exact) mass is 505 g/mol. The van der Waals surface area contributed by atoms with Gasteiger partial charge in [-0.15, -0.1) is 0 Å². The Kier molecular flexibility index (Phi) is 5.97. The Balaban J connectivity index is 1.70. The summed E-state index contributed by atoms with van der Waals surface area (Å²) in [4.78, 5) is 17.6. The van der Waals surface area contributed by atoms with E-state index in [1.54, 1.807) is 6.20 Å². The highest BCUT2D eigenvalue weighted by Crippen LogP contribution is 2.38. The highest BCUT2D eigenvalue weighted by atomic mass is 79.9. The van der Waals surface area contributed by atoms with E-state index >= 15 is 0 Å². The lowest BCUT2D eigenvalue weighted by atomic mass is 10.0. The van der Waals surface area contributed by atoms with E-state index in [0.717, 1.165) is 50.7 Å². The van der Waals surface area contributed by atoms with Crippen LogP contribution in [0.3, 0.4) is 0 Å². The molecule has 8 nitrogen and oxygen atoms in total. The van der Waals surface area contributed by atoms with Crippen molar-refractivity contribution in [1.29, 1.82) is 0 Å². The molecule has 0 bridgehead atoms. The van der Waals surface area contributed by atoms with Gasteiger partial charge in [0.1, 0.15) is 17.0 Å². The predicted molar refractivity (Wildman–Crippen MR) is 126 cm³/mol. The summed E-state index contributed by atoms with van der Waals surface area (Å²) in [6, 6.07) is 3.10. The highest BCUT2D eigenvalue weighted by molar-refractivity contribution is 9.10. The number of carbonyl (C=O) groups is 1. The van der Waals surface area contributed by atoms with Gasteiger partial charge in [-0.2, -0.15) is 5.10 Å². The quantitative estimate of drug-likeness (QED) is 0.384. The third kappa shape index (κ3) is 4.42. The molecule has 0 aromatic carbocycles. The van der Waals surface area contributed by atoms with Gasteiger partial charge in [-0.3, -0.25) is 4.68 Å². The van der Waals surface area contributed by atoms with Crippen LogP contribution in [0.1, 0.15) is 11.3 Å². The van der Waals surface area contributed by atoms with Crippen molar-refractivity contribution >= 4 is 41.1 Å². The zero-order chi connectivity index (χ0) is 22.3. The minimum Gasteiger partial charge on any atom is -0.465 e. The summed E-state index contributed by atoms with van der Waals surface area (Å²) in [5.74, 6) is 0. The van der Waals surface area contributed by atoms with Crippen molar-refractivity contribution in [3.8, 4) is 11.1 Å². The van der Waals surface area contributed by atoms with Crippen LogP contribution in [0.2, 0.25) is 25.7 Å². The maximum atomic E-state index is 11.5. The second-order valence-electron chi connectivity index (χ2n) is 9.23. The van der Waals surface area contributed by atoms with Gasteiger partial charge in [0.05, 0.1) is 18.8 Å². The summed E-state index contributed by atoms with van der Waals surface area (Å²) in [6.45, 7) is 11.6. The van der Waals surface area contributed by atoms with Crippen molar-refractivity contribution in [2.24, 2.45) is 0 Å². The molecule has 0 saturated heterocycles. The van der Waals surface area contributed by atoms with Crippen LogP contribution in [0.15, 0.2) is 23.1 Å². The molecule has 1 amide bonds. The normalized spacial score (nSPS) is 14.3. The van der Waals surface area contributed by atoms with Crippen molar-refractivity contribution in [2.75, 3.05) is 13.2 Å². The molecule has 0 unspecified atom stereocenters. The van der Waals surface area contributed by atoms with Crippen LogP contribution in [0.25, 0.3) is 22.2 Å². The molecule has 0 fully saturated rings. The van der Waals surface area contributed by atoms with E-state index < -0.39 is 14.2 Å². The molecule has 0 aliphatic carbocycles. The van der Waals surface area contributed by atoms with Crippen LogP contribution < -0.4 is 0 Å². The number of halogens is 1. The largest absolute Gasteiger partial charge is 0.465 e. The molecule has 1 aliphatic heterocycles. The van der Waals surface area contributed by atoms with Crippen molar-refractivity contribution in [1.82, 2.24) is 24.2 Å². The number of rotatable bonds is 6. The van der Waals surface area contributed by atoms with E-state index in [1.807, 2.05) is 15.3 Å². The van der Waals surface area contributed by atoms with E-state index in [-0.39, 0.29) is 0 Å². The number of fused-ring (bicyclic) bond motifs is 2. The maximum absolute atomic E-state index is 11.5. The molecule has 1 N–H and O–H groups in total. The van der Waals surface area contributed by atoms with Gasteiger partial charge in [0.25, 0.3) is 0 Å². The first kappa shape index (κ1) is 22.0. The molecule has 0 saturated carbocycles. The van der Waals surface area contributed by atoms with Crippen LogP contribution in [-0.4, -0.2) is 56.7 Å². The van der Waals surface area contributed by atoms with Crippen molar-refractivity contribution in [2.45, 2.75) is 52.4 Å². The van der Waals surface area contributed by atoms with Crippen LogP contribution in [-0.2, 0) is 24.6 Å². The standard InChI is InChI=1S/C21H28BrN5O3Si/c1-14-11-26(13-30-9-10-31(2,3)4)20-17(14)15(5-6-23-20)18-16-12-25(21(28)29)7-8-27(16)24-19(18)22/h5-6,11H,7-10,12-13H2,1-4H3,(H,28,29). The molecule has 0 atom stereocenters. The maximum Gasteiger partial charge on any atom is 0.407 e. The molecule has 10 heteroatoms. The number of aryl methyl sites for hydroxylation is 1. The van der Waals surface area contributed by atoms with Gasteiger partial charge in [0.2, 0.25) is 0 Å². The molecule has 1 aliphatic rings. The Labute approximate surface area is 191 Å². The Morgan fingerprint density at radius 3 is 2.81 bits per heavy atom. The van der Waals surface area contributed by atoms with Crippen molar-refractivity contribution < 1.29 is 14.6 Å². The van der Waals surface area contributed by atoms with Crippen LogP contribution >= 0.6 is 15.9 Å². The Morgan fingerprint density at radius 1 is 1.32 bits per heavy atom. The van der Waals surface area contributed by atoms with Gasteiger partial charge in [-0.1, -0.05) is 19.6 Å². The summed E-state index contributed by atoms with van der Waals surface area (Å²) in [5, 5.41) is 15.1. The minimum atomic E-state index is -1.13. The SMILES string of the molecule is Cc1cn(COCC[Si](C)(C)C)c2nccc(-c3c(Br)nn4c3CN(C(=O)O)CC4)c12. The first-order valence-electron chi connectivity index (χ1n) is 10.4. The molecule has 166 valence electrons. The minimum absolute atomic E-state index is 0.312. The average Bonchev–Trinajstić information content (AvgIpc) is 3.20. The highest BCUT2D eigenvalue weighted by Gasteiger charge is 2.28. The molecule has 3 aromatic heterocycles. The summed E-state index contributed by atoms with van der Waals surface area (Å²) in [7, 11) is -1.13. The number of hydrogen-bond acceptors (Lipinski definition) is 4. The van der Waals surface area contributed by atoms with Gasteiger partial charge in [0, 0.05) is 44.6 Å². The van der Waals surface area contributed by atoms with E-state index in [1.165, 1.54) is 4.90 Å². The first-order valence-corrected chi connectivity index (χ1v) is 14.9. The van der Waals surface area contributed by atoms with Gasteiger partial charge in [-0.05, 0) is 46.1 Å². The second kappa shape index (κ2) is 8.40. The van der Waals surface area contributed by atoms with E-state index in [0.29, 0.717) is 26.4 Å². The van der Waals surface area contributed by atoms with Crippen LogP contribution in [0.5, 0.6) is 0 Å². The van der Waals surface area contributed by atoms with Gasteiger partial charge < -0.3 is 19.3 Å². The van der Waals surface area contributed by atoms with Gasteiger partial charge >= 0.3 is 6.09 Å². The summed E-state index contributed by atoms with van der Waals surface area (Å²) < 4.78 is 10.6. The zero-order valence-corrected chi connectivity index (χ0v) is 20.9. The van der Waals surface area contributed by atoms with Crippen LogP contribution in [0, 0.1) is 6.92 Å². The summed E-state index contributed by atoms with van der Waals surface area (Å²) >= 11 is 3.61. The zero-order valence-electron chi connectivity index (χ0n) is 18.4. The van der Waals surface area contributed by atoms with Gasteiger partial charge in [-0.25, -0.2) is 9.78 Å². The van der Waals surface area contributed by atoms with E-state index in [2.05, 4.69) is 58.8 Å². The number of pyridine rings is 1. The third-order valence-corrected chi connectivity index (χ3v) is 7.91. The fraction of sp³-hybridized carbons (Fsp3) is 0.476. The molecule has 4 rings (SSSR count). The number of carboxylic acid groups (broad SMARTS) is 1. The molecule has 4 heterocycles.